The average Bonchev–Trinajstić information content (AvgIpc) is 3.18. The van der Waals surface area contributed by atoms with E-state index in [0.717, 1.165) is 0 Å². The number of hydrogen-bond acceptors (Lipinski definition) is 5. The molecule has 1 aliphatic rings. The van der Waals surface area contributed by atoms with E-state index in [0.29, 0.717) is 22.6 Å². The maximum absolute atomic E-state index is 14.0. The first-order valence-electron chi connectivity index (χ1n) is 10.1. The first-order valence-corrected chi connectivity index (χ1v) is 10.1. The summed E-state index contributed by atoms with van der Waals surface area (Å²) in [6.07, 6.45) is 1.47. The van der Waals surface area contributed by atoms with E-state index >= 15 is 0 Å². The van der Waals surface area contributed by atoms with Crippen LogP contribution in [0.1, 0.15) is 27.0 Å². The van der Waals surface area contributed by atoms with Crippen molar-refractivity contribution in [2.24, 2.45) is 0 Å². The van der Waals surface area contributed by atoms with E-state index in [2.05, 4.69) is 0 Å². The van der Waals surface area contributed by atoms with E-state index in [1.54, 1.807) is 18.2 Å². The van der Waals surface area contributed by atoms with Crippen LogP contribution < -0.4 is 18.9 Å². The maximum Gasteiger partial charge on any atom is 0.231 e. The second-order valence-electron chi connectivity index (χ2n) is 7.45. The van der Waals surface area contributed by atoms with Gasteiger partial charge in [0.05, 0.1) is 25.3 Å². The SMILES string of the molecule is COc1ccc(OC)c(/C=C2\Oc3c(ccc(OCc4c(F)c(F)c(F)c(F)c4F)c3C)C2=O)c1. The van der Waals surface area contributed by atoms with Gasteiger partial charge in [-0.25, -0.2) is 22.0 Å². The van der Waals surface area contributed by atoms with Crippen LogP contribution in [-0.2, 0) is 6.61 Å². The molecule has 0 amide bonds. The lowest BCUT2D eigenvalue weighted by Gasteiger charge is -2.13. The number of allylic oxidation sites excluding steroid dienone is 1. The van der Waals surface area contributed by atoms with Gasteiger partial charge in [-0.3, -0.25) is 4.79 Å². The van der Waals surface area contributed by atoms with Gasteiger partial charge in [-0.2, -0.15) is 0 Å². The third kappa shape index (κ3) is 4.16. The smallest absolute Gasteiger partial charge is 0.231 e. The molecule has 4 rings (SSSR count). The molecule has 1 aliphatic heterocycles. The molecule has 1 heterocycles. The molecule has 3 aromatic rings. The fourth-order valence-electron chi connectivity index (χ4n) is 3.54. The molecule has 3 aromatic carbocycles. The van der Waals surface area contributed by atoms with Gasteiger partial charge in [0.1, 0.15) is 29.6 Å². The molecular formula is C25H17F5O5. The Balaban J connectivity index is 1.63. The number of benzene rings is 3. The first kappa shape index (κ1) is 24.1. The molecule has 0 radical (unpaired) electrons. The zero-order chi connectivity index (χ0) is 25.4. The molecule has 10 heteroatoms. The number of fused-ring (bicyclic) bond motifs is 1. The quantitative estimate of drug-likeness (QED) is 0.186. The second-order valence-corrected chi connectivity index (χ2v) is 7.45. The third-order valence-corrected chi connectivity index (χ3v) is 5.43. The lowest BCUT2D eigenvalue weighted by Crippen LogP contribution is -2.10. The van der Waals surface area contributed by atoms with Crippen LogP contribution in [-0.4, -0.2) is 20.0 Å². The third-order valence-electron chi connectivity index (χ3n) is 5.43. The van der Waals surface area contributed by atoms with Crippen LogP contribution in [0.2, 0.25) is 0 Å². The number of carbonyl (C=O) groups excluding carboxylic acids is 1. The Labute approximate surface area is 196 Å². The predicted octanol–water partition coefficient (Wildman–Crippen LogP) is 5.90. The van der Waals surface area contributed by atoms with E-state index in [1.165, 1.54) is 39.4 Å². The minimum absolute atomic E-state index is 0.0217. The summed E-state index contributed by atoms with van der Waals surface area (Å²) < 4.78 is 89.6. The molecular weight excluding hydrogens is 475 g/mol. The summed E-state index contributed by atoms with van der Waals surface area (Å²) in [5, 5.41) is 0. The van der Waals surface area contributed by atoms with Gasteiger partial charge in [0.25, 0.3) is 0 Å². The van der Waals surface area contributed by atoms with Crippen molar-refractivity contribution in [1.29, 1.82) is 0 Å². The topological polar surface area (TPSA) is 54.0 Å². The van der Waals surface area contributed by atoms with Crippen LogP contribution in [0.15, 0.2) is 36.1 Å². The van der Waals surface area contributed by atoms with E-state index < -0.39 is 47.0 Å². The highest BCUT2D eigenvalue weighted by Crippen LogP contribution is 2.40. The molecule has 0 spiro atoms. The lowest BCUT2D eigenvalue weighted by molar-refractivity contribution is 0.101. The van der Waals surface area contributed by atoms with Gasteiger partial charge in [-0.15, -0.1) is 0 Å². The normalized spacial score (nSPS) is 13.6. The molecule has 0 atom stereocenters. The van der Waals surface area contributed by atoms with Crippen molar-refractivity contribution >= 4 is 11.9 Å². The number of halogens is 5. The molecule has 0 N–H and O–H groups in total. The average molecular weight is 492 g/mol. The highest BCUT2D eigenvalue weighted by molar-refractivity contribution is 6.15. The lowest BCUT2D eigenvalue weighted by atomic mass is 10.1. The summed E-state index contributed by atoms with van der Waals surface area (Å²) in [5.41, 5.74) is -0.104. The van der Waals surface area contributed by atoms with Gasteiger partial charge in [0.2, 0.25) is 11.6 Å². The minimum atomic E-state index is -2.25. The summed E-state index contributed by atoms with van der Waals surface area (Å²) in [4.78, 5) is 12.9. The zero-order valence-corrected chi connectivity index (χ0v) is 18.6. The highest BCUT2D eigenvalue weighted by Gasteiger charge is 2.31. The van der Waals surface area contributed by atoms with Gasteiger partial charge >= 0.3 is 0 Å². The van der Waals surface area contributed by atoms with Gasteiger partial charge in [0.15, 0.2) is 29.0 Å². The number of carbonyl (C=O) groups is 1. The summed E-state index contributed by atoms with van der Waals surface area (Å²) in [7, 11) is 2.96. The fraction of sp³-hybridized carbons (Fsp3) is 0.160. The van der Waals surface area contributed by atoms with E-state index in [4.69, 9.17) is 18.9 Å². The van der Waals surface area contributed by atoms with E-state index in [9.17, 15) is 26.7 Å². The molecule has 0 aromatic heterocycles. The Morgan fingerprint density at radius 2 is 1.49 bits per heavy atom. The number of ether oxygens (including phenoxy) is 4. The van der Waals surface area contributed by atoms with Crippen molar-refractivity contribution in [2.75, 3.05) is 14.2 Å². The Morgan fingerprint density at radius 3 is 2.11 bits per heavy atom. The molecule has 0 fully saturated rings. The monoisotopic (exact) mass is 492 g/mol. The van der Waals surface area contributed by atoms with E-state index in [1.807, 2.05) is 0 Å². The molecule has 0 saturated carbocycles. The van der Waals surface area contributed by atoms with Crippen LogP contribution in [0, 0.1) is 36.0 Å². The van der Waals surface area contributed by atoms with Crippen LogP contribution >= 0.6 is 0 Å². The molecule has 0 saturated heterocycles. The predicted molar refractivity (Wildman–Crippen MR) is 114 cm³/mol. The maximum atomic E-state index is 14.0. The number of Topliss-reactive ketones (excluding diaryl/α,β-unsaturated/α-hetero) is 1. The van der Waals surface area contributed by atoms with Crippen LogP contribution in [0.5, 0.6) is 23.0 Å². The van der Waals surface area contributed by atoms with Crippen molar-refractivity contribution in [3.8, 4) is 23.0 Å². The Bertz CT molecular complexity index is 1350. The Kier molecular flexibility index (Phi) is 6.38. The van der Waals surface area contributed by atoms with Gasteiger partial charge in [0, 0.05) is 11.1 Å². The summed E-state index contributed by atoms with van der Waals surface area (Å²) in [6.45, 7) is 0.581. The number of hydrogen-bond donors (Lipinski definition) is 0. The molecule has 35 heavy (non-hydrogen) atoms. The summed E-state index contributed by atoms with van der Waals surface area (Å²) in [5.74, 6) is -9.64. The van der Waals surface area contributed by atoms with Gasteiger partial charge in [-0.1, -0.05) is 0 Å². The molecule has 0 aliphatic carbocycles. The minimum Gasteiger partial charge on any atom is -0.497 e. The van der Waals surface area contributed by atoms with Crippen LogP contribution in [0.3, 0.4) is 0 Å². The van der Waals surface area contributed by atoms with Crippen molar-refractivity contribution in [2.45, 2.75) is 13.5 Å². The van der Waals surface area contributed by atoms with Gasteiger partial charge in [-0.05, 0) is 43.3 Å². The second kappa shape index (κ2) is 9.28. The van der Waals surface area contributed by atoms with Crippen LogP contribution in [0.25, 0.3) is 6.08 Å². The van der Waals surface area contributed by atoms with Crippen LogP contribution in [0.4, 0.5) is 22.0 Å². The zero-order valence-electron chi connectivity index (χ0n) is 18.6. The van der Waals surface area contributed by atoms with Crippen molar-refractivity contribution < 1.29 is 45.7 Å². The first-order chi connectivity index (χ1) is 16.7. The number of rotatable bonds is 6. The van der Waals surface area contributed by atoms with Gasteiger partial charge < -0.3 is 18.9 Å². The van der Waals surface area contributed by atoms with Crippen molar-refractivity contribution in [1.82, 2.24) is 0 Å². The van der Waals surface area contributed by atoms with E-state index in [-0.39, 0.29) is 22.8 Å². The summed E-state index contributed by atoms with van der Waals surface area (Å²) >= 11 is 0. The Hall–Kier alpha value is -4.08. The van der Waals surface area contributed by atoms with Crippen molar-refractivity contribution in [3.63, 3.8) is 0 Å². The number of ketones is 1. The molecule has 0 bridgehead atoms. The molecule has 5 nitrogen and oxygen atoms in total. The standard InChI is InChI=1S/C25H17F5O5/c1-11-16(34-10-15-19(26)21(28)23(30)22(29)20(15)27)7-5-14-24(31)18(35-25(11)14)9-12-8-13(32-2)4-6-17(12)33-3/h4-9H,10H2,1-3H3/b18-9-. The highest BCUT2D eigenvalue weighted by atomic mass is 19.2. The molecule has 0 unspecified atom stereocenters. The Morgan fingerprint density at radius 1 is 0.857 bits per heavy atom. The number of methoxy groups -OCH3 is 2. The summed E-state index contributed by atoms with van der Waals surface area (Å²) in [6, 6.07) is 7.72. The van der Waals surface area contributed by atoms with Crippen molar-refractivity contribution in [3.05, 3.63) is 87.4 Å². The largest absolute Gasteiger partial charge is 0.497 e. The molecule has 182 valence electrons. The fourth-order valence-corrected chi connectivity index (χ4v) is 3.54.